The smallest absolute Gasteiger partial charge is 0.237 e. The first-order chi connectivity index (χ1) is 11.3. The van der Waals surface area contributed by atoms with E-state index in [2.05, 4.69) is 41.8 Å². The largest absolute Gasteiger partial charge is 0.344 e. The van der Waals surface area contributed by atoms with Crippen molar-refractivity contribution in [2.45, 2.75) is 44.3 Å². The van der Waals surface area contributed by atoms with Gasteiger partial charge in [0.1, 0.15) is 0 Å². The number of nitrogens with one attached hydrogen (secondary N) is 2. The summed E-state index contributed by atoms with van der Waals surface area (Å²) in [5.41, 5.74) is 2.22. The quantitative estimate of drug-likeness (QED) is 0.888. The van der Waals surface area contributed by atoms with Crippen molar-refractivity contribution in [2.75, 3.05) is 0 Å². The molecule has 0 radical (unpaired) electrons. The van der Waals surface area contributed by atoms with Crippen molar-refractivity contribution in [2.24, 2.45) is 0 Å². The van der Waals surface area contributed by atoms with Gasteiger partial charge in [0.15, 0.2) is 0 Å². The van der Waals surface area contributed by atoms with Gasteiger partial charge in [-0.25, -0.2) is 0 Å². The Morgan fingerprint density at radius 2 is 1.61 bits per heavy atom. The topological polar surface area (TPSA) is 41.1 Å². The molecule has 1 saturated heterocycles. The number of carbonyl (C=O) groups excluding carboxylic acids is 1. The van der Waals surface area contributed by atoms with E-state index in [1.165, 1.54) is 0 Å². The van der Waals surface area contributed by atoms with Crippen LogP contribution in [0.3, 0.4) is 0 Å². The average Bonchev–Trinajstić information content (AvgIpc) is 3.10. The van der Waals surface area contributed by atoms with Gasteiger partial charge in [-0.2, -0.15) is 0 Å². The van der Waals surface area contributed by atoms with Gasteiger partial charge in [0.2, 0.25) is 5.91 Å². The molecule has 0 aliphatic carbocycles. The SMILES string of the molecule is CC[C@H]1CC[C@@H](C(=O)NC(c2ccccc2)c2ccccc2)N1. The van der Waals surface area contributed by atoms with Crippen LogP contribution in [-0.2, 0) is 4.79 Å². The second kappa shape index (κ2) is 7.42. The summed E-state index contributed by atoms with van der Waals surface area (Å²) in [5, 5.41) is 6.67. The summed E-state index contributed by atoms with van der Waals surface area (Å²) in [7, 11) is 0. The Hall–Kier alpha value is -2.13. The van der Waals surface area contributed by atoms with Crippen molar-refractivity contribution in [1.82, 2.24) is 10.6 Å². The van der Waals surface area contributed by atoms with E-state index in [9.17, 15) is 4.79 Å². The molecular weight excluding hydrogens is 284 g/mol. The average molecular weight is 308 g/mol. The fourth-order valence-corrected chi connectivity index (χ4v) is 3.24. The summed E-state index contributed by atoms with van der Waals surface area (Å²) in [6.45, 7) is 2.16. The van der Waals surface area contributed by atoms with Gasteiger partial charge < -0.3 is 10.6 Å². The number of rotatable bonds is 5. The van der Waals surface area contributed by atoms with E-state index in [1.807, 2.05) is 36.4 Å². The van der Waals surface area contributed by atoms with Crippen LogP contribution in [0.4, 0.5) is 0 Å². The van der Waals surface area contributed by atoms with E-state index in [0.29, 0.717) is 6.04 Å². The molecule has 2 aromatic rings. The second-order valence-corrected chi connectivity index (χ2v) is 6.16. The standard InChI is InChI=1S/C20H24N2O/c1-2-17-13-14-18(21-17)20(23)22-19(15-9-5-3-6-10-15)16-11-7-4-8-12-16/h3-12,17-19,21H,2,13-14H2,1H3,(H,22,23)/t17-,18-/m0/s1. The van der Waals surface area contributed by atoms with Crippen LogP contribution in [0.25, 0.3) is 0 Å². The van der Waals surface area contributed by atoms with Crippen molar-refractivity contribution in [3.05, 3.63) is 71.8 Å². The molecular formula is C20H24N2O. The van der Waals surface area contributed by atoms with Crippen molar-refractivity contribution in [3.8, 4) is 0 Å². The summed E-state index contributed by atoms with van der Waals surface area (Å²) < 4.78 is 0. The zero-order valence-corrected chi connectivity index (χ0v) is 13.5. The molecule has 1 amide bonds. The van der Waals surface area contributed by atoms with E-state index in [4.69, 9.17) is 0 Å². The third-order valence-electron chi connectivity index (χ3n) is 4.60. The molecule has 2 N–H and O–H groups in total. The minimum atomic E-state index is -0.104. The predicted octanol–water partition coefficient (Wildman–Crippen LogP) is 3.42. The highest BCUT2D eigenvalue weighted by Crippen LogP contribution is 2.23. The number of amides is 1. The number of carbonyl (C=O) groups is 1. The van der Waals surface area contributed by atoms with E-state index in [1.54, 1.807) is 0 Å². The first-order valence-corrected chi connectivity index (χ1v) is 8.44. The lowest BCUT2D eigenvalue weighted by Gasteiger charge is -2.22. The molecule has 0 spiro atoms. The fraction of sp³-hybridized carbons (Fsp3) is 0.350. The lowest BCUT2D eigenvalue weighted by molar-refractivity contribution is -0.123. The zero-order valence-electron chi connectivity index (χ0n) is 13.5. The molecule has 1 fully saturated rings. The summed E-state index contributed by atoms with van der Waals surface area (Å²) >= 11 is 0. The molecule has 23 heavy (non-hydrogen) atoms. The fourth-order valence-electron chi connectivity index (χ4n) is 3.24. The van der Waals surface area contributed by atoms with E-state index in [-0.39, 0.29) is 18.0 Å². The molecule has 1 heterocycles. The zero-order chi connectivity index (χ0) is 16.1. The highest BCUT2D eigenvalue weighted by Gasteiger charge is 2.29. The molecule has 0 saturated carbocycles. The van der Waals surface area contributed by atoms with Crippen LogP contribution in [0.5, 0.6) is 0 Å². The van der Waals surface area contributed by atoms with Gasteiger partial charge in [-0.3, -0.25) is 4.79 Å². The second-order valence-electron chi connectivity index (χ2n) is 6.16. The summed E-state index contributed by atoms with van der Waals surface area (Å²) in [4.78, 5) is 12.7. The van der Waals surface area contributed by atoms with Crippen LogP contribution in [0.2, 0.25) is 0 Å². The summed E-state index contributed by atoms with van der Waals surface area (Å²) in [5.74, 6) is 0.0960. The lowest BCUT2D eigenvalue weighted by Crippen LogP contribution is -2.44. The third-order valence-corrected chi connectivity index (χ3v) is 4.60. The normalized spacial score (nSPS) is 20.6. The number of hydrogen-bond donors (Lipinski definition) is 2. The van der Waals surface area contributed by atoms with Gasteiger partial charge in [-0.05, 0) is 30.4 Å². The maximum atomic E-state index is 12.7. The minimum Gasteiger partial charge on any atom is -0.344 e. The van der Waals surface area contributed by atoms with Gasteiger partial charge in [-0.15, -0.1) is 0 Å². The van der Waals surface area contributed by atoms with Gasteiger partial charge in [-0.1, -0.05) is 67.6 Å². The molecule has 1 aliphatic rings. The van der Waals surface area contributed by atoms with Crippen LogP contribution in [0.15, 0.2) is 60.7 Å². The molecule has 120 valence electrons. The Morgan fingerprint density at radius 3 is 2.09 bits per heavy atom. The maximum absolute atomic E-state index is 12.7. The van der Waals surface area contributed by atoms with Crippen LogP contribution in [0, 0.1) is 0 Å². The lowest BCUT2D eigenvalue weighted by atomic mass is 9.98. The summed E-state index contributed by atoms with van der Waals surface area (Å²) in [6.07, 6.45) is 3.07. The monoisotopic (exact) mass is 308 g/mol. The van der Waals surface area contributed by atoms with Crippen molar-refractivity contribution >= 4 is 5.91 Å². The van der Waals surface area contributed by atoms with Crippen LogP contribution >= 0.6 is 0 Å². The molecule has 3 rings (SSSR count). The number of benzene rings is 2. The summed E-state index contributed by atoms with van der Waals surface area (Å²) in [6, 6.07) is 20.6. The van der Waals surface area contributed by atoms with Crippen molar-refractivity contribution < 1.29 is 4.79 Å². The first-order valence-electron chi connectivity index (χ1n) is 8.44. The maximum Gasteiger partial charge on any atom is 0.237 e. The Labute approximate surface area is 138 Å². The minimum absolute atomic E-state index is 0.0742. The van der Waals surface area contributed by atoms with Gasteiger partial charge in [0.05, 0.1) is 12.1 Å². The van der Waals surface area contributed by atoms with Gasteiger partial charge >= 0.3 is 0 Å². The first kappa shape index (κ1) is 15.8. The Bertz CT molecular complexity index is 587. The van der Waals surface area contributed by atoms with Crippen molar-refractivity contribution in [3.63, 3.8) is 0 Å². The highest BCUT2D eigenvalue weighted by molar-refractivity contribution is 5.83. The molecule has 1 aliphatic heterocycles. The van der Waals surface area contributed by atoms with Crippen LogP contribution < -0.4 is 10.6 Å². The van der Waals surface area contributed by atoms with Gasteiger partial charge in [0, 0.05) is 6.04 Å². The Kier molecular flexibility index (Phi) is 5.09. The Balaban J connectivity index is 1.78. The van der Waals surface area contributed by atoms with Gasteiger partial charge in [0.25, 0.3) is 0 Å². The van der Waals surface area contributed by atoms with Crippen molar-refractivity contribution in [1.29, 1.82) is 0 Å². The Morgan fingerprint density at radius 1 is 1.04 bits per heavy atom. The predicted molar refractivity (Wildman–Crippen MR) is 93.1 cm³/mol. The highest BCUT2D eigenvalue weighted by atomic mass is 16.2. The molecule has 2 atom stereocenters. The van der Waals surface area contributed by atoms with E-state index >= 15 is 0 Å². The van der Waals surface area contributed by atoms with E-state index < -0.39 is 0 Å². The van der Waals surface area contributed by atoms with Crippen LogP contribution in [0.1, 0.15) is 43.4 Å². The molecule has 3 nitrogen and oxygen atoms in total. The molecule has 0 bridgehead atoms. The third kappa shape index (κ3) is 3.80. The van der Waals surface area contributed by atoms with E-state index in [0.717, 1.165) is 30.4 Å². The molecule has 0 unspecified atom stereocenters. The molecule has 0 aromatic heterocycles. The molecule has 3 heteroatoms. The number of hydrogen-bond acceptors (Lipinski definition) is 2. The molecule has 2 aromatic carbocycles. The van der Waals surface area contributed by atoms with Crippen LogP contribution in [-0.4, -0.2) is 18.0 Å².